The molecule has 0 amide bonds. The molecule has 0 atom stereocenters. The summed E-state index contributed by atoms with van der Waals surface area (Å²) in [6.07, 6.45) is 4.38. The Morgan fingerprint density at radius 2 is 1.65 bits per heavy atom. The summed E-state index contributed by atoms with van der Waals surface area (Å²) in [4.78, 5) is 12.0. The highest BCUT2D eigenvalue weighted by Gasteiger charge is 2.08. The number of carboxylic acids is 1. The number of ether oxygens (including phenoxy) is 1. The van der Waals surface area contributed by atoms with Crippen LogP contribution in [-0.2, 0) is 0 Å². The highest BCUT2D eigenvalue weighted by Crippen LogP contribution is 2.23. The van der Waals surface area contributed by atoms with Crippen molar-refractivity contribution in [1.29, 1.82) is 0 Å². The molecule has 5 heteroatoms. The van der Waals surface area contributed by atoms with E-state index in [0.717, 1.165) is 61.8 Å². The van der Waals surface area contributed by atoms with Crippen LogP contribution in [0.25, 0.3) is 0 Å². The van der Waals surface area contributed by atoms with E-state index < -0.39 is 5.97 Å². The third-order valence-electron chi connectivity index (χ3n) is 3.88. The molecule has 0 saturated carbocycles. The third kappa shape index (κ3) is 7.93. The summed E-state index contributed by atoms with van der Waals surface area (Å²) < 4.78 is 5.65. The molecule has 4 nitrogen and oxygen atoms in total. The minimum absolute atomic E-state index is 0.400. The monoisotopic (exact) mass is 373 g/mol. The Kier molecular flexibility index (Phi) is 9.69. The van der Waals surface area contributed by atoms with Crippen LogP contribution in [0.1, 0.15) is 36.0 Å². The van der Waals surface area contributed by atoms with Crippen molar-refractivity contribution in [2.75, 3.05) is 25.4 Å². The zero-order valence-electron chi connectivity index (χ0n) is 15.0. The summed E-state index contributed by atoms with van der Waals surface area (Å²) in [6.45, 7) is 2.71. The summed E-state index contributed by atoms with van der Waals surface area (Å²) in [5, 5.41) is 12.6. The third-order valence-corrected chi connectivity index (χ3v) is 5.04. The molecular formula is C21H27NO3S. The summed E-state index contributed by atoms with van der Waals surface area (Å²) in [5.74, 6) is 1.03. The Labute approximate surface area is 160 Å². The van der Waals surface area contributed by atoms with Crippen LogP contribution in [0.15, 0.2) is 59.5 Å². The molecule has 140 valence electrons. The van der Waals surface area contributed by atoms with E-state index in [-0.39, 0.29) is 0 Å². The van der Waals surface area contributed by atoms with E-state index >= 15 is 0 Å². The molecule has 26 heavy (non-hydrogen) atoms. The molecule has 2 rings (SSSR count). The van der Waals surface area contributed by atoms with Crippen molar-refractivity contribution in [2.45, 2.75) is 30.6 Å². The highest BCUT2D eigenvalue weighted by molar-refractivity contribution is 7.99. The first kappa shape index (κ1) is 20.3. The lowest BCUT2D eigenvalue weighted by atomic mass is 10.2. The van der Waals surface area contributed by atoms with Crippen LogP contribution < -0.4 is 10.1 Å². The van der Waals surface area contributed by atoms with E-state index in [1.165, 1.54) is 0 Å². The summed E-state index contributed by atoms with van der Waals surface area (Å²) in [5.41, 5.74) is 0.400. The van der Waals surface area contributed by atoms with Gasteiger partial charge >= 0.3 is 5.97 Å². The molecule has 0 aliphatic heterocycles. The molecule has 0 heterocycles. The lowest BCUT2D eigenvalue weighted by molar-refractivity contribution is 0.0693. The number of carboxylic acid groups (broad SMARTS) is 1. The average molecular weight is 374 g/mol. The second-order valence-electron chi connectivity index (χ2n) is 5.98. The quantitative estimate of drug-likeness (QED) is 0.393. The van der Waals surface area contributed by atoms with Gasteiger partial charge in [-0.2, -0.15) is 0 Å². The van der Waals surface area contributed by atoms with Crippen LogP contribution in [0.5, 0.6) is 5.75 Å². The predicted molar refractivity (Wildman–Crippen MR) is 107 cm³/mol. The Morgan fingerprint density at radius 1 is 0.923 bits per heavy atom. The molecule has 2 aromatic rings. The van der Waals surface area contributed by atoms with Gasteiger partial charge < -0.3 is 15.2 Å². The van der Waals surface area contributed by atoms with Crippen molar-refractivity contribution in [3.63, 3.8) is 0 Å². The van der Waals surface area contributed by atoms with E-state index in [9.17, 15) is 4.79 Å². The fourth-order valence-corrected chi connectivity index (χ4v) is 3.56. The Hall–Kier alpha value is -1.98. The fraction of sp³-hybridized carbons (Fsp3) is 0.381. The SMILES string of the molecule is O=C(O)c1ccccc1SCCCCCNCCCOc1ccccc1. The van der Waals surface area contributed by atoms with Gasteiger partial charge in [0.1, 0.15) is 5.75 Å². The first-order valence-electron chi connectivity index (χ1n) is 9.11. The standard InChI is InChI=1S/C21H27NO3S/c23-21(24)19-12-5-6-13-20(19)26-17-8-2-7-14-22-15-9-16-25-18-10-3-1-4-11-18/h1,3-6,10-13,22H,2,7-9,14-17H2,(H,23,24). The molecule has 0 aliphatic rings. The summed E-state index contributed by atoms with van der Waals surface area (Å²) in [6, 6.07) is 17.1. The molecule has 0 unspecified atom stereocenters. The number of rotatable bonds is 13. The maximum Gasteiger partial charge on any atom is 0.336 e. The average Bonchev–Trinajstić information content (AvgIpc) is 2.67. The minimum atomic E-state index is -0.853. The van der Waals surface area contributed by atoms with Gasteiger partial charge in [-0.25, -0.2) is 4.79 Å². The first-order valence-corrected chi connectivity index (χ1v) is 10.1. The van der Waals surface area contributed by atoms with E-state index in [4.69, 9.17) is 9.84 Å². The fourth-order valence-electron chi connectivity index (χ4n) is 2.51. The number of hydrogen-bond acceptors (Lipinski definition) is 4. The van der Waals surface area contributed by atoms with Crippen LogP contribution in [0.3, 0.4) is 0 Å². The van der Waals surface area contributed by atoms with Gasteiger partial charge in [-0.3, -0.25) is 0 Å². The molecule has 0 fully saturated rings. The zero-order valence-corrected chi connectivity index (χ0v) is 15.8. The van der Waals surface area contributed by atoms with Gasteiger partial charge in [0.15, 0.2) is 0 Å². The second-order valence-corrected chi connectivity index (χ2v) is 7.11. The summed E-state index contributed by atoms with van der Waals surface area (Å²) in [7, 11) is 0. The molecule has 0 aliphatic carbocycles. The molecular weight excluding hydrogens is 346 g/mol. The van der Waals surface area contributed by atoms with Gasteiger partial charge in [-0.1, -0.05) is 36.8 Å². The molecule has 0 aromatic heterocycles. The van der Waals surface area contributed by atoms with Crippen LogP contribution in [0.2, 0.25) is 0 Å². The Morgan fingerprint density at radius 3 is 2.46 bits per heavy atom. The molecule has 2 N–H and O–H groups in total. The lowest BCUT2D eigenvalue weighted by Crippen LogP contribution is -2.18. The number of aromatic carboxylic acids is 1. The van der Waals surface area contributed by atoms with Gasteiger partial charge in [0.05, 0.1) is 12.2 Å². The van der Waals surface area contributed by atoms with E-state index in [1.807, 2.05) is 42.5 Å². The van der Waals surface area contributed by atoms with Gasteiger partial charge in [-0.15, -0.1) is 11.8 Å². The van der Waals surface area contributed by atoms with Crippen molar-refractivity contribution in [1.82, 2.24) is 5.32 Å². The zero-order chi connectivity index (χ0) is 18.5. The molecule has 0 bridgehead atoms. The second kappa shape index (κ2) is 12.4. The number of unbranched alkanes of at least 4 members (excludes halogenated alkanes) is 2. The van der Waals surface area contributed by atoms with E-state index in [2.05, 4.69) is 5.32 Å². The van der Waals surface area contributed by atoms with Crippen LogP contribution >= 0.6 is 11.8 Å². The normalized spacial score (nSPS) is 10.6. The maximum absolute atomic E-state index is 11.2. The van der Waals surface area contributed by atoms with Crippen molar-refractivity contribution in [3.8, 4) is 5.75 Å². The Balaban J connectivity index is 1.43. The number of thioether (sulfide) groups is 1. The number of nitrogens with one attached hydrogen (secondary N) is 1. The van der Waals surface area contributed by atoms with Crippen molar-refractivity contribution >= 4 is 17.7 Å². The van der Waals surface area contributed by atoms with Crippen molar-refractivity contribution in [3.05, 3.63) is 60.2 Å². The van der Waals surface area contributed by atoms with Crippen LogP contribution in [-0.4, -0.2) is 36.5 Å². The van der Waals surface area contributed by atoms with E-state index in [1.54, 1.807) is 23.9 Å². The van der Waals surface area contributed by atoms with Crippen LogP contribution in [0, 0.1) is 0 Å². The number of hydrogen-bond donors (Lipinski definition) is 2. The minimum Gasteiger partial charge on any atom is -0.494 e. The highest BCUT2D eigenvalue weighted by atomic mass is 32.2. The summed E-state index contributed by atoms with van der Waals surface area (Å²) >= 11 is 1.63. The molecule has 0 radical (unpaired) electrons. The van der Waals surface area contributed by atoms with Crippen molar-refractivity contribution in [2.24, 2.45) is 0 Å². The number of para-hydroxylation sites is 1. The maximum atomic E-state index is 11.2. The van der Waals surface area contributed by atoms with Gasteiger partial charge in [0.2, 0.25) is 0 Å². The number of benzene rings is 2. The smallest absolute Gasteiger partial charge is 0.336 e. The van der Waals surface area contributed by atoms with Gasteiger partial charge in [0.25, 0.3) is 0 Å². The molecule has 2 aromatic carbocycles. The topological polar surface area (TPSA) is 58.6 Å². The number of carbonyl (C=O) groups is 1. The molecule has 0 saturated heterocycles. The van der Waals surface area contributed by atoms with E-state index in [0.29, 0.717) is 5.56 Å². The van der Waals surface area contributed by atoms with Gasteiger partial charge in [-0.05, 0) is 62.4 Å². The lowest BCUT2D eigenvalue weighted by Gasteiger charge is -2.07. The Bertz CT molecular complexity index is 649. The molecule has 0 spiro atoms. The van der Waals surface area contributed by atoms with Gasteiger partial charge in [0, 0.05) is 4.90 Å². The largest absolute Gasteiger partial charge is 0.494 e. The predicted octanol–water partition coefficient (Wildman–Crippen LogP) is 4.71. The first-order chi connectivity index (χ1) is 12.8. The van der Waals surface area contributed by atoms with Crippen LogP contribution in [0.4, 0.5) is 0 Å². The van der Waals surface area contributed by atoms with Crippen molar-refractivity contribution < 1.29 is 14.6 Å².